The third-order valence-electron chi connectivity index (χ3n) is 12.3. The van der Waals surface area contributed by atoms with Crippen molar-refractivity contribution in [2.45, 2.75) is 0 Å². The predicted octanol–water partition coefficient (Wildman–Crippen LogP) is 14.0. The van der Waals surface area contributed by atoms with Gasteiger partial charge in [0.05, 0.1) is 33.3 Å². The molecule has 0 saturated carbocycles. The first kappa shape index (κ1) is 31.4. The predicted molar refractivity (Wildman–Crippen MR) is 241 cm³/mol. The Balaban J connectivity index is 1.01. The van der Waals surface area contributed by atoms with E-state index >= 15 is 0 Å². The van der Waals surface area contributed by atoms with E-state index in [1.165, 1.54) is 76.7 Å². The van der Waals surface area contributed by atoms with Crippen molar-refractivity contribution in [1.29, 1.82) is 0 Å². The van der Waals surface area contributed by atoms with Gasteiger partial charge in [0.15, 0.2) is 0 Å². The van der Waals surface area contributed by atoms with Crippen molar-refractivity contribution < 1.29 is 0 Å². The van der Waals surface area contributed by atoms with Crippen molar-refractivity contribution >= 4 is 65.3 Å². The van der Waals surface area contributed by atoms with Gasteiger partial charge in [-0.15, -0.1) is 0 Å². The summed E-state index contributed by atoms with van der Waals surface area (Å²) in [6.45, 7) is 0. The number of rotatable bonds is 4. The summed E-state index contributed by atoms with van der Waals surface area (Å²) in [6.07, 6.45) is 0. The van der Waals surface area contributed by atoms with Gasteiger partial charge in [-0.1, -0.05) is 140 Å². The zero-order valence-corrected chi connectivity index (χ0v) is 31.3. The number of para-hydroxylation sites is 4. The van der Waals surface area contributed by atoms with Crippen LogP contribution in [-0.2, 0) is 0 Å². The smallest absolute Gasteiger partial charge is 0.235 e. The van der Waals surface area contributed by atoms with Crippen LogP contribution in [0.3, 0.4) is 0 Å². The van der Waals surface area contributed by atoms with Crippen LogP contribution in [0, 0.1) is 0 Å². The normalized spacial score (nSPS) is 12.1. The highest BCUT2D eigenvalue weighted by Gasteiger charge is 2.24. The quantitative estimate of drug-likeness (QED) is 0.180. The van der Waals surface area contributed by atoms with Crippen molar-refractivity contribution in [3.05, 3.63) is 194 Å². The minimum atomic E-state index is 0.661. The van der Waals surface area contributed by atoms with E-state index in [-0.39, 0.29) is 0 Å². The summed E-state index contributed by atoms with van der Waals surface area (Å²) in [6, 6.07) is 70.1. The summed E-state index contributed by atoms with van der Waals surface area (Å²) in [5, 5.41) is 8.35. The summed E-state index contributed by atoms with van der Waals surface area (Å²) in [7, 11) is 0. The molecule has 0 fully saturated rings. The van der Waals surface area contributed by atoms with Gasteiger partial charge < -0.3 is 4.57 Å². The fourth-order valence-corrected chi connectivity index (χ4v) is 9.76. The average Bonchev–Trinajstić information content (AvgIpc) is 3.92. The summed E-state index contributed by atoms with van der Waals surface area (Å²) in [4.78, 5) is 10.8. The minimum absolute atomic E-state index is 0.661. The van der Waals surface area contributed by atoms with Gasteiger partial charge in [0.2, 0.25) is 5.95 Å². The van der Waals surface area contributed by atoms with Gasteiger partial charge >= 0.3 is 0 Å². The summed E-state index contributed by atoms with van der Waals surface area (Å²) in [5.41, 5.74) is 16.2. The Morgan fingerprint density at radius 3 is 1.55 bits per heavy atom. The molecule has 3 heterocycles. The molecule has 58 heavy (non-hydrogen) atoms. The Hall–Kier alpha value is -7.82. The fraction of sp³-hybridized carbons (Fsp3) is 0. The second kappa shape index (κ2) is 11.8. The molecular formula is C54H32N4. The SMILES string of the molecule is c1ccc(-n2c3ccccc3c3cc(-c4ccc5c(c4)c4ccccc4n5-c4nc(-c5ccc6c7c(cccc57)-c5ccccc5-6)c5ccccc5n4)ccc32)cc1. The van der Waals surface area contributed by atoms with Gasteiger partial charge in [-0.25, -0.2) is 9.97 Å². The molecule has 13 rings (SSSR count). The van der Waals surface area contributed by atoms with Crippen molar-refractivity contribution in [2.75, 3.05) is 0 Å². The van der Waals surface area contributed by atoms with Crippen molar-refractivity contribution in [1.82, 2.24) is 19.1 Å². The molecule has 12 aromatic rings. The molecule has 268 valence electrons. The zero-order chi connectivity index (χ0) is 37.9. The van der Waals surface area contributed by atoms with Gasteiger partial charge in [0.1, 0.15) is 0 Å². The molecule has 0 aliphatic heterocycles. The van der Waals surface area contributed by atoms with Gasteiger partial charge in [0, 0.05) is 38.2 Å². The van der Waals surface area contributed by atoms with Gasteiger partial charge in [-0.05, 0) is 98.8 Å². The van der Waals surface area contributed by atoms with Crippen molar-refractivity contribution in [2.24, 2.45) is 0 Å². The molecule has 4 heteroatoms. The second-order valence-electron chi connectivity index (χ2n) is 15.3. The molecule has 0 atom stereocenters. The van der Waals surface area contributed by atoms with E-state index in [2.05, 4.69) is 203 Å². The van der Waals surface area contributed by atoms with Gasteiger partial charge in [-0.2, -0.15) is 0 Å². The maximum Gasteiger partial charge on any atom is 0.235 e. The van der Waals surface area contributed by atoms with Crippen LogP contribution in [0.4, 0.5) is 0 Å². The lowest BCUT2D eigenvalue weighted by molar-refractivity contribution is 1.01. The largest absolute Gasteiger partial charge is 0.309 e. The molecular weight excluding hydrogens is 705 g/mol. The van der Waals surface area contributed by atoms with Crippen LogP contribution in [0.2, 0.25) is 0 Å². The maximum atomic E-state index is 5.51. The Morgan fingerprint density at radius 1 is 0.310 bits per heavy atom. The molecule has 0 N–H and O–H groups in total. The number of benzene rings is 9. The Bertz CT molecular complexity index is 3650. The fourth-order valence-electron chi connectivity index (χ4n) is 9.76. The minimum Gasteiger partial charge on any atom is -0.309 e. The molecule has 1 aliphatic carbocycles. The third kappa shape index (κ3) is 4.34. The zero-order valence-electron chi connectivity index (χ0n) is 31.3. The molecule has 0 bridgehead atoms. The van der Waals surface area contributed by atoms with Crippen LogP contribution < -0.4 is 0 Å². The molecule has 0 saturated heterocycles. The number of hydrogen-bond acceptors (Lipinski definition) is 2. The standard InChI is InChI=1S/C54H32N4/c1-2-13-35(14-3-1)57-48-23-10-7-17-38(48)45-31-33(25-29-50(45)57)34-26-30-51-46(32-34)39-18-8-11-24-49(39)58(51)54-55-47-22-9-6-19-44(47)53(56-54)43-28-27-42-37-16-5-4-15-36(37)40-20-12-21-41(43)52(40)42/h1-32H. The van der Waals surface area contributed by atoms with E-state index in [4.69, 9.17) is 9.97 Å². The van der Waals surface area contributed by atoms with E-state index in [1.54, 1.807) is 0 Å². The molecule has 1 aliphatic rings. The average molecular weight is 737 g/mol. The van der Waals surface area contributed by atoms with Crippen LogP contribution in [0.5, 0.6) is 0 Å². The highest BCUT2D eigenvalue weighted by atomic mass is 15.2. The van der Waals surface area contributed by atoms with E-state index < -0.39 is 0 Å². The number of hydrogen-bond donors (Lipinski definition) is 0. The summed E-state index contributed by atoms with van der Waals surface area (Å²) < 4.78 is 4.61. The molecule has 3 aromatic heterocycles. The molecule has 0 radical (unpaired) electrons. The monoisotopic (exact) mass is 736 g/mol. The second-order valence-corrected chi connectivity index (χ2v) is 15.3. The van der Waals surface area contributed by atoms with Crippen LogP contribution in [0.25, 0.3) is 122 Å². The van der Waals surface area contributed by atoms with Crippen LogP contribution in [0.15, 0.2) is 194 Å². The summed E-state index contributed by atoms with van der Waals surface area (Å²) in [5.74, 6) is 0.661. The number of aromatic nitrogens is 4. The number of fused-ring (bicyclic) bond motifs is 10. The molecule has 0 spiro atoms. The molecule has 4 nitrogen and oxygen atoms in total. The lowest BCUT2D eigenvalue weighted by atomic mass is 9.95. The highest BCUT2D eigenvalue weighted by Crippen LogP contribution is 2.49. The lowest BCUT2D eigenvalue weighted by Crippen LogP contribution is -2.03. The molecule has 0 amide bonds. The third-order valence-corrected chi connectivity index (χ3v) is 12.3. The van der Waals surface area contributed by atoms with Gasteiger partial charge in [-0.3, -0.25) is 4.57 Å². The van der Waals surface area contributed by atoms with E-state index in [0.717, 1.165) is 38.9 Å². The van der Waals surface area contributed by atoms with Gasteiger partial charge in [0.25, 0.3) is 0 Å². The first-order valence-electron chi connectivity index (χ1n) is 19.8. The lowest BCUT2D eigenvalue weighted by Gasteiger charge is -2.14. The first-order chi connectivity index (χ1) is 28.8. The Kier molecular flexibility index (Phi) is 6.41. The van der Waals surface area contributed by atoms with E-state index in [0.29, 0.717) is 5.95 Å². The summed E-state index contributed by atoms with van der Waals surface area (Å²) >= 11 is 0. The van der Waals surface area contributed by atoms with Crippen molar-refractivity contribution in [3.63, 3.8) is 0 Å². The van der Waals surface area contributed by atoms with Crippen LogP contribution >= 0.6 is 0 Å². The topological polar surface area (TPSA) is 35.6 Å². The molecule has 0 unspecified atom stereocenters. The first-order valence-corrected chi connectivity index (χ1v) is 19.8. The number of nitrogens with zero attached hydrogens (tertiary/aromatic N) is 4. The Morgan fingerprint density at radius 2 is 0.828 bits per heavy atom. The highest BCUT2D eigenvalue weighted by molar-refractivity contribution is 6.20. The van der Waals surface area contributed by atoms with E-state index in [9.17, 15) is 0 Å². The van der Waals surface area contributed by atoms with Crippen molar-refractivity contribution in [3.8, 4) is 56.3 Å². The van der Waals surface area contributed by atoms with E-state index in [1.807, 2.05) is 0 Å². The maximum absolute atomic E-state index is 5.51. The molecule has 9 aromatic carbocycles. The Labute approximate surface area is 333 Å². The van der Waals surface area contributed by atoms with Crippen LogP contribution in [-0.4, -0.2) is 19.1 Å². The van der Waals surface area contributed by atoms with Crippen LogP contribution in [0.1, 0.15) is 0 Å².